The van der Waals surface area contributed by atoms with E-state index >= 15 is 0 Å². The van der Waals surface area contributed by atoms with Gasteiger partial charge in [0.25, 0.3) is 0 Å². The van der Waals surface area contributed by atoms with Crippen LogP contribution in [0.2, 0.25) is 0 Å². The Morgan fingerprint density at radius 2 is 1.55 bits per heavy atom. The van der Waals surface area contributed by atoms with E-state index in [1.54, 1.807) is 24.3 Å². The molecule has 4 aromatic rings. The minimum Gasteiger partial charge on any atom is -0.302 e. The number of likely N-dealkylation sites (tertiary alicyclic amines) is 1. The Morgan fingerprint density at radius 3 is 2.27 bits per heavy atom. The number of hydrogen-bond donors (Lipinski definition) is 1. The highest BCUT2D eigenvalue weighted by Crippen LogP contribution is 2.40. The maximum absolute atomic E-state index is 13.6. The molecule has 0 aliphatic carbocycles. The molecule has 1 aliphatic rings. The fraction of sp³-hybridized carbons (Fsp3) is 0.250. The van der Waals surface area contributed by atoms with E-state index in [2.05, 4.69) is 45.4 Å². The van der Waals surface area contributed by atoms with Crippen molar-refractivity contribution < 1.29 is 8.78 Å². The van der Waals surface area contributed by atoms with Crippen LogP contribution in [0.1, 0.15) is 35.1 Å². The summed E-state index contributed by atoms with van der Waals surface area (Å²) in [5, 5.41) is 7.74. The normalized spacial score (nSPS) is 19.0. The monoisotopic (exact) mass is 443 g/mol. The van der Waals surface area contributed by atoms with Gasteiger partial charge in [0.15, 0.2) is 0 Å². The molecule has 1 N–H and O–H groups in total. The zero-order valence-corrected chi connectivity index (χ0v) is 18.4. The highest BCUT2D eigenvalue weighted by molar-refractivity contribution is 5.59. The Balaban J connectivity index is 1.37. The third-order valence-corrected chi connectivity index (χ3v) is 6.69. The molecule has 1 aromatic heterocycles. The number of nitrogens with one attached hydrogen (secondary N) is 1. The number of aromatic amines is 1. The van der Waals surface area contributed by atoms with E-state index in [9.17, 15) is 8.78 Å². The number of benzene rings is 3. The maximum Gasteiger partial charge on any atom is 0.123 e. The summed E-state index contributed by atoms with van der Waals surface area (Å²) >= 11 is 0. The van der Waals surface area contributed by atoms with E-state index in [4.69, 9.17) is 0 Å². The largest absolute Gasteiger partial charge is 0.302 e. The summed E-state index contributed by atoms with van der Waals surface area (Å²) < 4.78 is 26.9. The lowest BCUT2D eigenvalue weighted by molar-refractivity contribution is 0.189. The first-order valence-electron chi connectivity index (χ1n) is 11.5. The summed E-state index contributed by atoms with van der Waals surface area (Å²) in [6, 6.07) is 26.0. The molecule has 0 radical (unpaired) electrons. The Morgan fingerprint density at radius 1 is 0.848 bits per heavy atom. The van der Waals surface area contributed by atoms with Gasteiger partial charge >= 0.3 is 0 Å². The molecular weight excluding hydrogens is 416 g/mol. The van der Waals surface area contributed by atoms with E-state index in [1.807, 2.05) is 18.2 Å². The average molecular weight is 444 g/mol. The summed E-state index contributed by atoms with van der Waals surface area (Å²) in [7, 11) is 0. The average Bonchev–Trinajstić information content (AvgIpc) is 3.34. The molecule has 3 aromatic carbocycles. The van der Waals surface area contributed by atoms with Gasteiger partial charge in [-0.3, -0.25) is 5.10 Å². The van der Waals surface area contributed by atoms with Crippen LogP contribution in [0.5, 0.6) is 0 Å². The highest BCUT2D eigenvalue weighted by Gasteiger charge is 2.32. The SMILES string of the molecule is Fc1ccc(-c2cc([C@@H]3CCN(CCc4ccccc4)C[C@H]3c3ccc(F)cc3)[nH]n2)cc1. The zero-order chi connectivity index (χ0) is 22.6. The number of hydrogen-bond acceptors (Lipinski definition) is 2. The molecule has 2 atom stereocenters. The number of nitrogens with zero attached hydrogens (tertiary/aromatic N) is 2. The number of rotatable bonds is 6. The maximum atomic E-state index is 13.6. The third-order valence-electron chi connectivity index (χ3n) is 6.69. The second kappa shape index (κ2) is 9.67. The van der Waals surface area contributed by atoms with E-state index in [0.29, 0.717) is 0 Å². The summed E-state index contributed by atoms with van der Waals surface area (Å²) in [6.07, 6.45) is 2.00. The van der Waals surface area contributed by atoms with Gasteiger partial charge in [0, 0.05) is 36.2 Å². The smallest absolute Gasteiger partial charge is 0.123 e. The van der Waals surface area contributed by atoms with Crippen LogP contribution < -0.4 is 0 Å². The molecular formula is C28H27F2N3. The van der Waals surface area contributed by atoms with Crippen LogP contribution in [-0.2, 0) is 6.42 Å². The van der Waals surface area contributed by atoms with Gasteiger partial charge in [-0.2, -0.15) is 5.10 Å². The predicted octanol–water partition coefficient (Wildman–Crippen LogP) is 6.17. The van der Waals surface area contributed by atoms with Crippen LogP contribution in [0.4, 0.5) is 8.78 Å². The Kier molecular flexibility index (Phi) is 6.31. The summed E-state index contributed by atoms with van der Waals surface area (Å²) in [5.41, 5.74) is 5.26. The topological polar surface area (TPSA) is 31.9 Å². The van der Waals surface area contributed by atoms with Gasteiger partial charge in [-0.25, -0.2) is 8.78 Å². The quantitative estimate of drug-likeness (QED) is 0.386. The van der Waals surface area contributed by atoms with Crippen molar-refractivity contribution in [1.82, 2.24) is 15.1 Å². The number of halogens is 2. The molecule has 168 valence electrons. The predicted molar refractivity (Wildman–Crippen MR) is 127 cm³/mol. The van der Waals surface area contributed by atoms with Crippen LogP contribution in [0, 0.1) is 11.6 Å². The number of H-pyrrole nitrogens is 1. The Hall–Kier alpha value is -3.31. The standard InChI is InChI=1S/C28H27F2N3/c29-23-10-6-21(7-11-23)26-19-33(16-14-20-4-2-1-3-5-20)17-15-25(26)28-18-27(31-32-28)22-8-12-24(30)13-9-22/h1-13,18,25-26H,14-17,19H2,(H,31,32)/t25-,26+/m1/s1. The van der Waals surface area contributed by atoms with Gasteiger partial charge in [0.05, 0.1) is 5.69 Å². The second-order valence-corrected chi connectivity index (χ2v) is 8.80. The zero-order valence-electron chi connectivity index (χ0n) is 18.4. The first kappa shape index (κ1) is 21.5. The van der Waals surface area contributed by atoms with E-state index in [-0.39, 0.29) is 23.5 Å². The fourth-order valence-corrected chi connectivity index (χ4v) is 4.87. The van der Waals surface area contributed by atoms with Crippen LogP contribution in [0.25, 0.3) is 11.3 Å². The van der Waals surface area contributed by atoms with Crippen LogP contribution in [0.15, 0.2) is 84.9 Å². The molecule has 0 spiro atoms. The fourth-order valence-electron chi connectivity index (χ4n) is 4.87. The van der Waals surface area contributed by atoms with E-state index in [1.165, 1.54) is 17.7 Å². The second-order valence-electron chi connectivity index (χ2n) is 8.80. The number of piperidine rings is 1. The molecule has 0 saturated carbocycles. The Bertz CT molecular complexity index is 1170. The molecule has 3 nitrogen and oxygen atoms in total. The van der Waals surface area contributed by atoms with Crippen LogP contribution in [0.3, 0.4) is 0 Å². The van der Waals surface area contributed by atoms with Gasteiger partial charge in [0.1, 0.15) is 11.6 Å². The van der Waals surface area contributed by atoms with E-state index < -0.39 is 0 Å². The lowest BCUT2D eigenvalue weighted by atomic mass is 9.78. The third kappa shape index (κ3) is 5.04. The van der Waals surface area contributed by atoms with Crippen LogP contribution >= 0.6 is 0 Å². The van der Waals surface area contributed by atoms with E-state index in [0.717, 1.165) is 55.0 Å². The Labute approximate surface area is 193 Å². The van der Waals surface area contributed by atoms with Crippen molar-refractivity contribution in [3.8, 4) is 11.3 Å². The van der Waals surface area contributed by atoms with Crippen molar-refractivity contribution in [2.24, 2.45) is 0 Å². The minimum absolute atomic E-state index is 0.216. The lowest BCUT2D eigenvalue weighted by Crippen LogP contribution is -2.39. The molecule has 5 heteroatoms. The molecule has 0 bridgehead atoms. The molecule has 1 aliphatic heterocycles. The molecule has 1 fully saturated rings. The minimum atomic E-state index is -0.256. The molecule has 0 amide bonds. The van der Waals surface area contributed by atoms with Gasteiger partial charge < -0.3 is 4.90 Å². The van der Waals surface area contributed by atoms with Gasteiger partial charge in [0.2, 0.25) is 0 Å². The van der Waals surface area contributed by atoms with Gasteiger partial charge in [-0.15, -0.1) is 0 Å². The molecule has 33 heavy (non-hydrogen) atoms. The molecule has 1 saturated heterocycles. The van der Waals surface area contributed by atoms with Crippen molar-refractivity contribution in [3.05, 3.63) is 113 Å². The number of aromatic nitrogens is 2. The first-order chi connectivity index (χ1) is 16.2. The van der Waals surface area contributed by atoms with Crippen molar-refractivity contribution in [3.63, 3.8) is 0 Å². The van der Waals surface area contributed by atoms with Gasteiger partial charge in [-0.05, 0) is 73.0 Å². The summed E-state index contributed by atoms with van der Waals surface area (Å²) in [6.45, 7) is 2.91. The highest BCUT2D eigenvalue weighted by atomic mass is 19.1. The molecule has 2 heterocycles. The molecule has 0 unspecified atom stereocenters. The van der Waals surface area contributed by atoms with Crippen molar-refractivity contribution in [1.29, 1.82) is 0 Å². The van der Waals surface area contributed by atoms with Crippen LogP contribution in [-0.4, -0.2) is 34.7 Å². The first-order valence-corrected chi connectivity index (χ1v) is 11.5. The van der Waals surface area contributed by atoms with Crippen molar-refractivity contribution >= 4 is 0 Å². The van der Waals surface area contributed by atoms with Crippen molar-refractivity contribution in [2.75, 3.05) is 19.6 Å². The molecule has 5 rings (SSSR count). The summed E-state index contributed by atoms with van der Waals surface area (Å²) in [5.74, 6) is 0.0164. The van der Waals surface area contributed by atoms with Gasteiger partial charge in [-0.1, -0.05) is 42.5 Å². The van der Waals surface area contributed by atoms with Crippen molar-refractivity contribution in [2.45, 2.75) is 24.7 Å². The summed E-state index contributed by atoms with van der Waals surface area (Å²) in [4.78, 5) is 2.51. The lowest BCUT2D eigenvalue weighted by Gasteiger charge is -2.38.